The zero-order valence-electron chi connectivity index (χ0n) is 10.0. The van der Waals surface area contributed by atoms with Gasteiger partial charge in [0.1, 0.15) is 0 Å². The third kappa shape index (κ3) is 2.42. The van der Waals surface area contributed by atoms with E-state index < -0.39 is 0 Å². The SMILES string of the molecule is CC(C)(C)c1cc(N)c2c(Br)ccc(I)c2n1. The normalized spacial score (nSPS) is 12.1. The summed E-state index contributed by atoms with van der Waals surface area (Å²) in [6.45, 7) is 6.43. The minimum Gasteiger partial charge on any atom is -0.398 e. The molecule has 90 valence electrons. The Balaban J connectivity index is 2.87. The molecule has 17 heavy (non-hydrogen) atoms. The van der Waals surface area contributed by atoms with E-state index in [4.69, 9.17) is 10.7 Å². The van der Waals surface area contributed by atoms with Crippen molar-refractivity contribution in [1.29, 1.82) is 0 Å². The highest BCUT2D eigenvalue weighted by Gasteiger charge is 2.18. The van der Waals surface area contributed by atoms with E-state index in [-0.39, 0.29) is 5.41 Å². The van der Waals surface area contributed by atoms with Crippen molar-refractivity contribution >= 4 is 55.1 Å². The predicted molar refractivity (Wildman–Crippen MR) is 85.3 cm³/mol. The molecule has 0 saturated carbocycles. The number of pyridine rings is 1. The van der Waals surface area contributed by atoms with Crippen LogP contribution in [0.25, 0.3) is 10.9 Å². The number of aromatic nitrogens is 1. The van der Waals surface area contributed by atoms with Crippen molar-refractivity contribution in [1.82, 2.24) is 4.98 Å². The Morgan fingerprint density at radius 2 is 1.94 bits per heavy atom. The summed E-state index contributed by atoms with van der Waals surface area (Å²) < 4.78 is 2.12. The van der Waals surface area contributed by atoms with Gasteiger partial charge in [-0.2, -0.15) is 0 Å². The molecule has 0 atom stereocenters. The molecule has 2 nitrogen and oxygen atoms in total. The molecule has 2 N–H and O–H groups in total. The molecule has 2 rings (SSSR count). The lowest BCUT2D eigenvalue weighted by Crippen LogP contribution is -2.14. The Morgan fingerprint density at radius 3 is 2.53 bits per heavy atom. The lowest BCUT2D eigenvalue weighted by atomic mass is 9.91. The Labute approximate surface area is 123 Å². The van der Waals surface area contributed by atoms with Gasteiger partial charge < -0.3 is 5.73 Å². The van der Waals surface area contributed by atoms with E-state index in [0.29, 0.717) is 0 Å². The molecule has 1 aromatic heterocycles. The van der Waals surface area contributed by atoms with Crippen LogP contribution in [0.3, 0.4) is 0 Å². The Kier molecular flexibility index (Phi) is 3.38. The zero-order valence-corrected chi connectivity index (χ0v) is 13.8. The van der Waals surface area contributed by atoms with Gasteiger partial charge in [0.25, 0.3) is 0 Å². The number of fused-ring (bicyclic) bond motifs is 1. The third-order valence-electron chi connectivity index (χ3n) is 2.66. The molecule has 0 amide bonds. The van der Waals surface area contributed by atoms with E-state index in [1.807, 2.05) is 18.2 Å². The van der Waals surface area contributed by atoms with Gasteiger partial charge in [-0.25, -0.2) is 0 Å². The van der Waals surface area contributed by atoms with E-state index in [1.54, 1.807) is 0 Å². The topological polar surface area (TPSA) is 38.9 Å². The van der Waals surface area contributed by atoms with Crippen molar-refractivity contribution < 1.29 is 0 Å². The molecule has 0 spiro atoms. The molecule has 0 aliphatic heterocycles. The monoisotopic (exact) mass is 404 g/mol. The number of rotatable bonds is 0. The van der Waals surface area contributed by atoms with Crippen LogP contribution in [0.4, 0.5) is 5.69 Å². The van der Waals surface area contributed by atoms with Gasteiger partial charge in [-0.3, -0.25) is 4.98 Å². The molecular weight excluding hydrogens is 391 g/mol. The number of nitrogens with zero attached hydrogens (tertiary/aromatic N) is 1. The van der Waals surface area contributed by atoms with Gasteiger partial charge in [-0.15, -0.1) is 0 Å². The van der Waals surface area contributed by atoms with E-state index >= 15 is 0 Å². The number of nitrogens with two attached hydrogens (primary N) is 1. The van der Waals surface area contributed by atoms with Crippen LogP contribution in [0.1, 0.15) is 26.5 Å². The first-order valence-electron chi connectivity index (χ1n) is 5.35. The number of benzene rings is 1. The zero-order chi connectivity index (χ0) is 12.8. The first-order valence-corrected chi connectivity index (χ1v) is 7.22. The number of anilines is 1. The van der Waals surface area contributed by atoms with Gasteiger partial charge in [0.2, 0.25) is 0 Å². The van der Waals surface area contributed by atoms with E-state index in [1.165, 1.54) is 0 Å². The fraction of sp³-hybridized carbons (Fsp3) is 0.308. The highest BCUT2D eigenvalue weighted by Crippen LogP contribution is 2.34. The lowest BCUT2D eigenvalue weighted by Gasteiger charge is -2.19. The summed E-state index contributed by atoms with van der Waals surface area (Å²) in [7, 11) is 0. The number of halogens is 2. The van der Waals surface area contributed by atoms with Crippen molar-refractivity contribution in [3.05, 3.63) is 31.9 Å². The van der Waals surface area contributed by atoms with Crippen molar-refractivity contribution in [3.8, 4) is 0 Å². The fourth-order valence-electron chi connectivity index (χ4n) is 1.68. The molecule has 0 aliphatic rings. The Morgan fingerprint density at radius 1 is 1.29 bits per heavy atom. The van der Waals surface area contributed by atoms with Crippen molar-refractivity contribution in [2.75, 3.05) is 5.73 Å². The Bertz CT molecular complexity index is 588. The molecule has 0 saturated heterocycles. The minimum absolute atomic E-state index is 0.00765. The summed E-state index contributed by atoms with van der Waals surface area (Å²) in [5, 5.41) is 1.00. The molecular formula is C13H14BrIN2. The van der Waals surface area contributed by atoms with Crippen molar-refractivity contribution in [2.24, 2.45) is 0 Å². The summed E-state index contributed by atoms with van der Waals surface area (Å²) in [5.41, 5.74) is 8.94. The summed E-state index contributed by atoms with van der Waals surface area (Å²) in [6.07, 6.45) is 0. The lowest BCUT2D eigenvalue weighted by molar-refractivity contribution is 0.572. The van der Waals surface area contributed by atoms with Gasteiger partial charge in [0, 0.05) is 30.2 Å². The molecule has 4 heteroatoms. The average Bonchev–Trinajstić information content (AvgIpc) is 2.21. The first-order chi connectivity index (χ1) is 7.80. The highest BCUT2D eigenvalue weighted by atomic mass is 127. The van der Waals surface area contributed by atoms with E-state index in [2.05, 4.69) is 59.3 Å². The van der Waals surface area contributed by atoms with E-state index in [0.717, 1.165) is 30.3 Å². The summed E-state index contributed by atoms with van der Waals surface area (Å²) in [4.78, 5) is 4.75. The van der Waals surface area contributed by atoms with Gasteiger partial charge in [0.05, 0.1) is 5.52 Å². The highest BCUT2D eigenvalue weighted by molar-refractivity contribution is 14.1. The second-order valence-electron chi connectivity index (χ2n) is 5.10. The molecule has 0 bridgehead atoms. The van der Waals surface area contributed by atoms with Crippen molar-refractivity contribution in [3.63, 3.8) is 0 Å². The van der Waals surface area contributed by atoms with Crippen LogP contribution in [-0.2, 0) is 5.41 Å². The maximum Gasteiger partial charge on any atom is 0.0870 e. The van der Waals surface area contributed by atoms with Crippen molar-refractivity contribution in [2.45, 2.75) is 26.2 Å². The van der Waals surface area contributed by atoms with Crippen LogP contribution >= 0.6 is 38.5 Å². The fourth-order valence-corrected chi connectivity index (χ4v) is 2.80. The molecule has 1 heterocycles. The van der Waals surface area contributed by atoms with Gasteiger partial charge in [-0.1, -0.05) is 36.7 Å². The van der Waals surface area contributed by atoms with Crippen LogP contribution in [0, 0.1) is 3.57 Å². The maximum absolute atomic E-state index is 6.15. The first kappa shape index (κ1) is 13.1. The van der Waals surface area contributed by atoms with Crippen LogP contribution in [0.5, 0.6) is 0 Å². The second kappa shape index (κ2) is 4.39. The summed E-state index contributed by atoms with van der Waals surface area (Å²) >= 11 is 5.83. The standard InChI is InChI=1S/C13H14BrIN2/c1-13(2,3)10-6-9(16)11-7(14)4-5-8(15)12(11)17-10/h4-6H,1-3H3,(H2,16,17). The molecule has 1 aromatic carbocycles. The second-order valence-corrected chi connectivity index (χ2v) is 7.12. The van der Waals surface area contributed by atoms with E-state index in [9.17, 15) is 0 Å². The van der Waals surface area contributed by atoms with Crippen LogP contribution < -0.4 is 5.73 Å². The number of nitrogen functional groups attached to an aromatic ring is 1. The van der Waals surface area contributed by atoms with Gasteiger partial charge in [0.15, 0.2) is 0 Å². The third-order valence-corrected chi connectivity index (χ3v) is 4.19. The van der Waals surface area contributed by atoms with Crippen LogP contribution in [0.2, 0.25) is 0 Å². The number of hydrogen-bond donors (Lipinski definition) is 1. The minimum atomic E-state index is 0.00765. The predicted octanol–water partition coefficient (Wildman–Crippen LogP) is 4.48. The van der Waals surface area contributed by atoms with Gasteiger partial charge >= 0.3 is 0 Å². The Hall–Kier alpha value is -0.360. The molecule has 0 radical (unpaired) electrons. The largest absolute Gasteiger partial charge is 0.398 e. The average molecular weight is 405 g/mol. The number of hydrogen-bond acceptors (Lipinski definition) is 2. The quantitative estimate of drug-likeness (QED) is 0.657. The molecule has 0 unspecified atom stereocenters. The smallest absolute Gasteiger partial charge is 0.0870 e. The summed E-state index contributed by atoms with van der Waals surface area (Å²) in [5.74, 6) is 0. The molecule has 0 fully saturated rings. The summed E-state index contributed by atoms with van der Waals surface area (Å²) in [6, 6.07) is 6.04. The van der Waals surface area contributed by atoms with Gasteiger partial charge in [-0.05, 0) is 40.8 Å². The maximum atomic E-state index is 6.15. The molecule has 0 aliphatic carbocycles. The van der Waals surface area contributed by atoms with Crippen LogP contribution in [-0.4, -0.2) is 4.98 Å². The van der Waals surface area contributed by atoms with Crippen LogP contribution in [0.15, 0.2) is 22.7 Å². The molecule has 2 aromatic rings.